The molecule has 2 heterocycles. The first kappa shape index (κ1) is 42.4. The molecule has 0 saturated heterocycles. The zero-order valence-electron chi connectivity index (χ0n) is 32.8. The second-order valence-corrected chi connectivity index (χ2v) is 14.6. The Kier molecular flexibility index (Phi) is 12.5. The van der Waals surface area contributed by atoms with Gasteiger partial charge in [-0.25, -0.2) is 19.2 Å². The molecule has 1 aliphatic carbocycles. The first-order valence-corrected chi connectivity index (χ1v) is 18.7. The molecule has 2 N–H and O–H groups in total. The summed E-state index contributed by atoms with van der Waals surface area (Å²) in [6, 6.07) is 14.1. The average Bonchev–Trinajstić information content (AvgIpc) is 3.17. The summed E-state index contributed by atoms with van der Waals surface area (Å²) in [4.78, 5) is 77.5. The van der Waals surface area contributed by atoms with Crippen molar-refractivity contribution in [3.05, 3.63) is 125 Å². The molecule has 10 bridgehead atoms. The molecule has 4 aromatic rings. The van der Waals surface area contributed by atoms with Crippen LogP contribution in [0.5, 0.6) is 23.0 Å². The third-order valence-electron chi connectivity index (χ3n) is 9.44. The topological polar surface area (TPSA) is 250 Å². The summed E-state index contributed by atoms with van der Waals surface area (Å²) in [6.45, 7) is 4.06. The highest BCUT2D eigenvalue weighted by Gasteiger charge is 2.44. The highest BCUT2D eigenvalue weighted by molar-refractivity contribution is 5.90. The summed E-state index contributed by atoms with van der Waals surface area (Å²) in [6.07, 6.45) is -6.83. The minimum Gasteiger partial charge on any atom is -0.507 e. The van der Waals surface area contributed by atoms with Crippen LogP contribution in [0, 0.1) is 20.2 Å². The second-order valence-electron chi connectivity index (χ2n) is 14.6. The lowest BCUT2D eigenvalue weighted by Crippen LogP contribution is -2.49. The van der Waals surface area contributed by atoms with Crippen molar-refractivity contribution < 1.29 is 67.7 Å². The van der Waals surface area contributed by atoms with E-state index in [0.29, 0.717) is 0 Å². The van der Waals surface area contributed by atoms with Gasteiger partial charge in [0.05, 0.1) is 22.1 Å². The zero-order valence-corrected chi connectivity index (χ0v) is 32.8. The Hall–Kier alpha value is -7.24. The first-order chi connectivity index (χ1) is 28.5. The molecule has 0 amide bonds. The van der Waals surface area contributed by atoms with E-state index in [1.807, 2.05) is 0 Å². The van der Waals surface area contributed by atoms with E-state index in [2.05, 4.69) is 0 Å². The Morgan fingerprint density at radius 2 is 0.900 bits per heavy atom. The van der Waals surface area contributed by atoms with Crippen molar-refractivity contribution in [2.45, 2.75) is 77.8 Å². The number of para-hydroxylation sites is 2. The number of carbonyl (C=O) groups is 4. The number of nitro benzene ring substituents is 2. The number of fused-ring (bicyclic) bond motifs is 9. The van der Waals surface area contributed by atoms with Gasteiger partial charge in [0.15, 0.2) is 13.2 Å². The van der Waals surface area contributed by atoms with E-state index in [1.54, 1.807) is 36.4 Å². The molecule has 0 fully saturated rings. The highest BCUT2D eigenvalue weighted by Crippen LogP contribution is 2.40. The van der Waals surface area contributed by atoms with Crippen LogP contribution in [-0.2, 0) is 63.8 Å². The van der Waals surface area contributed by atoms with Gasteiger partial charge in [-0.15, -0.1) is 0 Å². The Morgan fingerprint density at radius 1 is 0.600 bits per heavy atom. The van der Waals surface area contributed by atoms with Gasteiger partial charge >= 0.3 is 23.9 Å². The summed E-state index contributed by atoms with van der Waals surface area (Å²) in [5.74, 6) is -5.72. The van der Waals surface area contributed by atoms with Gasteiger partial charge in [-0.3, -0.25) is 20.2 Å². The number of nitrogens with zero attached hydrogens (tertiary/aromatic N) is 2. The minimum atomic E-state index is -2.20. The monoisotopic (exact) mass is 828 g/mol. The zero-order chi connectivity index (χ0) is 43.4. The molecule has 0 spiro atoms. The number of non-ortho nitro benzene ring substituents is 2. The van der Waals surface area contributed by atoms with Gasteiger partial charge in [0, 0.05) is 72.2 Å². The van der Waals surface area contributed by atoms with Crippen LogP contribution in [-0.4, -0.2) is 81.6 Å². The standard InChI is InChI=1S/C42H40N2O16/c1-21(2)57-41(49)39-40(42(50)58-22(3)4)60-34(46)20-56-38-25-9-6-10-26(38)14-30-18-32(44(53)54)16-28(36(30)48)12-24-8-5-7-23(37(24)55-19-33(45)59-39)11-27-15-31(43(51)52)17-29(13-25)35(27)47/h5-10,15-18,21-22,39-40,47-48H,11-14,19-20H2,1-4H3/t39-,40?/m1/s1. The second kappa shape index (κ2) is 17.7. The molecule has 2 atom stereocenters. The largest absolute Gasteiger partial charge is 0.507 e. The third kappa shape index (κ3) is 9.54. The molecule has 1 unspecified atom stereocenters. The molecule has 314 valence electrons. The van der Waals surface area contributed by atoms with Gasteiger partial charge in [-0.05, 0) is 49.9 Å². The molecule has 7 rings (SSSR count). The maximum atomic E-state index is 13.7. The number of hydrogen-bond acceptors (Lipinski definition) is 16. The summed E-state index contributed by atoms with van der Waals surface area (Å²) in [5, 5.41) is 47.9. The lowest BCUT2D eigenvalue weighted by Gasteiger charge is -2.26. The molecular weight excluding hydrogens is 788 g/mol. The summed E-state index contributed by atoms with van der Waals surface area (Å²) in [7, 11) is 0. The van der Waals surface area contributed by atoms with Crippen LogP contribution in [0.15, 0.2) is 60.7 Å². The van der Waals surface area contributed by atoms with Crippen molar-refractivity contribution in [2.24, 2.45) is 0 Å². The van der Waals surface area contributed by atoms with Crippen molar-refractivity contribution in [1.82, 2.24) is 0 Å². The Balaban J connectivity index is 1.63. The molecule has 3 aliphatic rings. The fourth-order valence-corrected chi connectivity index (χ4v) is 6.94. The molecular formula is C42H40N2O16. The predicted molar refractivity (Wildman–Crippen MR) is 207 cm³/mol. The Bertz CT molecular complexity index is 2130. The number of benzene rings is 4. The number of ether oxygens (including phenoxy) is 6. The SMILES string of the molecule is CC(C)OC(=O)C1OC(=O)COc2c3cccc2Cc2cc([N+](=O)[O-])cc(c2O)Cc2cccc(c2OCC(=O)O[C@H]1C(=O)OC(C)C)Cc1cc([N+](=O)[O-])cc(c1O)C3. The number of hydrogen-bond donors (Lipinski definition) is 2. The van der Waals surface area contributed by atoms with E-state index in [-0.39, 0.29) is 105 Å². The fraction of sp³-hybridized carbons (Fsp3) is 0.333. The van der Waals surface area contributed by atoms with Gasteiger partial charge in [0.1, 0.15) is 23.0 Å². The highest BCUT2D eigenvalue weighted by atomic mass is 16.7. The smallest absolute Gasteiger partial charge is 0.352 e. The average molecular weight is 829 g/mol. The van der Waals surface area contributed by atoms with Gasteiger partial charge in [-0.2, -0.15) is 0 Å². The van der Waals surface area contributed by atoms with E-state index in [4.69, 9.17) is 28.4 Å². The lowest BCUT2D eigenvalue weighted by molar-refractivity contribution is -0.385. The number of phenolic OH excluding ortho intramolecular Hbond substituents is 2. The van der Waals surface area contributed by atoms with Crippen LogP contribution >= 0.6 is 0 Å². The van der Waals surface area contributed by atoms with E-state index < -0.39 is 71.4 Å². The van der Waals surface area contributed by atoms with Gasteiger partial charge in [0.25, 0.3) is 11.4 Å². The van der Waals surface area contributed by atoms with Crippen LogP contribution in [0.3, 0.4) is 0 Å². The lowest BCUT2D eigenvalue weighted by atomic mass is 9.91. The number of aromatic hydroxyl groups is 2. The van der Waals surface area contributed by atoms with E-state index in [0.717, 1.165) is 0 Å². The number of rotatable bonds is 6. The first-order valence-electron chi connectivity index (χ1n) is 18.7. The van der Waals surface area contributed by atoms with E-state index in [1.165, 1.54) is 52.0 Å². The van der Waals surface area contributed by atoms with E-state index >= 15 is 0 Å². The quantitative estimate of drug-likeness (QED) is 0.0743. The fourth-order valence-electron chi connectivity index (χ4n) is 6.94. The Labute approximate surface area is 341 Å². The molecule has 18 nitrogen and oxygen atoms in total. The summed E-state index contributed by atoms with van der Waals surface area (Å²) < 4.78 is 33.6. The maximum Gasteiger partial charge on any atom is 0.352 e. The molecule has 18 heteroatoms. The summed E-state index contributed by atoms with van der Waals surface area (Å²) >= 11 is 0. The van der Waals surface area contributed by atoms with Gasteiger partial charge in [0.2, 0.25) is 12.2 Å². The maximum absolute atomic E-state index is 13.7. The van der Waals surface area contributed by atoms with Crippen molar-refractivity contribution in [1.29, 1.82) is 0 Å². The molecule has 60 heavy (non-hydrogen) atoms. The van der Waals surface area contributed by atoms with Crippen LogP contribution in [0.25, 0.3) is 0 Å². The van der Waals surface area contributed by atoms with Crippen molar-refractivity contribution in [2.75, 3.05) is 13.2 Å². The van der Waals surface area contributed by atoms with Crippen LogP contribution in [0.4, 0.5) is 11.4 Å². The van der Waals surface area contributed by atoms with Gasteiger partial charge in [-0.1, -0.05) is 36.4 Å². The van der Waals surface area contributed by atoms with E-state index in [9.17, 15) is 49.6 Å². The Morgan fingerprint density at radius 3 is 1.17 bits per heavy atom. The van der Waals surface area contributed by atoms with Crippen molar-refractivity contribution in [3.63, 3.8) is 0 Å². The van der Waals surface area contributed by atoms with Crippen molar-refractivity contribution in [3.8, 4) is 23.0 Å². The molecule has 0 aromatic heterocycles. The molecule has 0 radical (unpaired) electrons. The number of carbonyl (C=O) groups excluding carboxylic acids is 4. The number of nitro groups is 2. The van der Waals surface area contributed by atoms with Crippen LogP contribution in [0.1, 0.15) is 72.2 Å². The molecule has 0 saturated carbocycles. The molecule has 2 aliphatic heterocycles. The van der Waals surface area contributed by atoms with Crippen molar-refractivity contribution >= 4 is 35.3 Å². The summed E-state index contributed by atoms with van der Waals surface area (Å²) in [5.41, 5.74) is 0.688. The number of phenols is 2. The predicted octanol–water partition coefficient (Wildman–Crippen LogP) is 5.09. The molecule has 4 aromatic carbocycles. The normalized spacial score (nSPS) is 16.7. The van der Waals surface area contributed by atoms with Crippen LogP contribution < -0.4 is 9.47 Å². The minimum absolute atomic E-state index is 0.0382. The van der Waals surface area contributed by atoms with Crippen LogP contribution in [0.2, 0.25) is 0 Å². The van der Waals surface area contributed by atoms with Gasteiger partial charge < -0.3 is 38.6 Å². The third-order valence-corrected chi connectivity index (χ3v) is 9.44. The number of esters is 4.